The van der Waals surface area contributed by atoms with Crippen LogP contribution in [0.15, 0.2) is 53.0 Å². The summed E-state index contributed by atoms with van der Waals surface area (Å²) in [6.07, 6.45) is 0.679. The van der Waals surface area contributed by atoms with Crippen LogP contribution in [0.4, 0.5) is 4.39 Å². The lowest BCUT2D eigenvalue weighted by Gasteiger charge is -2.15. The van der Waals surface area contributed by atoms with Crippen molar-refractivity contribution in [3.05, 3.63) is 64.4 Å². The Bertz CT molecular complexity index is 525. The van der Waals surface area contributed by atoms with Crippen molar-refractivity contribution in [2.75, 3.05) is 13.2 Å². The van der Waals surface area contributed by atoms with Gasteiger partial charge in [0, 0.05) is 10.4 Å². The summed E-state index contributed by atoms with van der Waals surface area (Å²) < 4.78 is 19.5. The quantitative estimate of drug-likeness (QED) is 0.857. The summed E-state index contributed by atoms with van der Waals surface area (Å²) in [6.45, 7) is 0.527. The molecule has 0 saturated heterocycles. The van der Waals surface area contributed by atoms with Crippen LogP contribution < -0.4 is 4.74 Å². The second-order valence-corrected chi connectivity index (χ2v) is 5.44. The zero-order valence-corrected chi connectivity index (χ0v) is 12.5. The van der Waals surface area contributed by atoms with Gasteiger partial charge in [0.05, 0.1) is 13.2 Å². The van der Waals surface area contributed by atoms with E-state index >= 15 is 0 Å². The fourth-order valence-electron chi connectivity index (χ4n) is 1.95. The largest absolute Gasteiger partial charge is 0.494 e. The summed E-state index contributed by atoms with van der Waals surface area (Å²) in [4.78, 5) is 0. The van der Waals surface area contributed by atoms with Crippen LogP contribution in [0, 0.1) is 5.82 Å². The smallest absolute Gasteiger partial charge is 0.123 e. The van der Waals surface area contributed by atoms with Crippen molar-refractivity contribution in [3.63, 3.8) is 0 Å². The number of rotatable bonds is 6. The third-order valence-electron chi connectivity index (χ3n) is 3.11. The molecule has 0 aliphatic heterocycles. The van der Waals surface area contributed by atoms with Gasteiger partial charge in [0.1, 0.15) is 11.6 Å². The molecule has 0 spiro atoms. The summed E-state index contributed by atoms with van der Waals surface area (Å²) in [7, 11) is 0. The molecule has 1 atom stereocenters. The SMILES string of the molecule is OCC(CCOc1ccc(Br)cc1)c1ccc(F)cc1. The summed E-state index contributed by atoms with van der Waals surface area (Å²) >= 11 is 3.37. The Morgan fingerprint density at radius 2 is 1.70 bits per heavy atom. The normalized spacial score (nSPS) is 12.2. The highest BCUT2D eigenvalue weighted by molar-refractivity contribution is 9.10. The maximum absolute atomic E-state index is 12.9. The van der Waals surface area contributed by atoms with Crippen LogP contribution in [0.5, 0.6) is 5.75 Å². The summed E-state index contributed by atoms with van der Waals surface area (Å²) in [5.41, 5.74) is 0.924. The van der Waals surface area contributed by atoms with Gasteiger partial charge in [0.25, 0.3) is 0 Å². The van der Waals surface area contributed by atoms with E-state index in [-0.39, 0.29) is 18.3 Å². The first-order valence-corrected chi connectivity index (χ1v) is 7.23. The van der Waals surface area contributed by atoms with Crippen LogP contribution in [0.3, 0.4) is 0 Å². The maximum Gasteiger partial charge on any atom is 0.123 e. The molecule has 0 aliphatic rings. The summed E-state index contributed by atoms with van der Waals surface area (Å²) in [6, 6.07) is 13.8. The molecule has 1 unspecified atom stereocenters. The van der Waals surface area contributed by atoms with Gasteiger partial charge in [0.15, 0.2) is 0 Å². The Hall–Kier alpha value is -1.39. The number of aliphatic hydroxyl groups is 1. The molecule has 4 heteroatoms. The molecule has 2 rings (SSSR count). The molecule has 0 radical (unpaired) electrons. The summed E-state index contributed by atoms with van der Waals surface area (Å²) in [5.74, 6) is 0.492. The molecule has 0 aliphatic carbocycles. The van der Waals surface area contributed by atoms with Gasteiger partial charge in [-0.25, -0.2) is 4.39 Å². The molecule has 0 bridgehead atoms. The number of aliphatic hydroxyl groups excluding tert-OH is 1. The van der Waals surface area contributed by atoms with E-state index < -0.39 is 0 Å². The first-order valence-electron chi connectivity index (χ1n) is 6.43. The second kappa shape index (κ2) is 7.41. The van der Waals surface area contributed by atoms with Crippen molar-refractivity contribution in [2.45, 2.75) is 12.3 Å². The highest BCUT2D eigenvalue weighted by Crippen LogP contribution is 2.21. The monoisotopic (exact) mass is 338 g/mol. The number of hydrogen-bond acceptors (Lipinski definition) is 2. The third-order valence-corrected chi connectivity index (χ3v) is 3.64. The van der Waals surface area contributed by atoms with E-state index in [0.29, 0.717) is 13.0 Å². The Labute approximate surface area is 126 Å². The van der Waals surface area contributed by atoms with Gasteiger partial charge in [-0.2, -0.15) is 0 Å². The first kappa shape index (κ1) is 15.0. The molecule has 2 aromatic carbocycles. The molecule has 2 nitrogen and oxygen atoms in total. The van der Waals surface area contributed by atoms with E-state index in [1.165, 1.54) is 12.1 Å². The minimum absolute atomic E-state index is 0.0231. The Kier molecular flexibility index (Phi) is 5.56. The number of halogens is 2. The van der Waals surface area contributed by atoms with Crippen molar-refractivity contribution in [1.29, 1.82) is 0 Å². The zero-order valence-electron chi connectivity index (χ0n) is 10.9. The lowest BCUT2D eigenvalue weighted by Crippen LogP contribution is -2.09. The molecule has 0 fully saturated rings. The zero-order chi connectivity index (χ0) is 14.4. The van der Waals surface area contributed by atoms with Crippen molar-refractivity contribution in [2.24, 2.45) is 0 Å². The van der Waals surface area contributed by atoms with E-state index in [0.717, 1.165) is 15.8 Å². The van der Waals surface area contributed by atoms with Crippen LogP contribution in [0.1, 0.15) is 17.9 Å². The highest BCUT2D eigenvalue weighted by atomic mass is 79.9. The minimum Gasteiger partial charge on any atom is -0.494 e. The van der Waals surface area contributed by atoms with Crippen molar-refractivity contribution >= 4 is 15.9 Å². The fraction of sp³-hybridized carbons (Fsp3) is 0.250. The van der Waals surface area contributed by atoms with Gasteiger partial charge in [-0.1, -0.05) is 28.1 Å². The lowest BCUT2D eigenvalue weighted by atomic mass is 9.97. The number of ether oxygens (including phenoxy) is 1. The average molecular weight is 339 g/mol. The van der Waals surface area contributed by atoms with Crippen LogP contribution in [0.25, 0.3) is 0 Å². The molecule has 0 amide bonds. The third kappa shape index (κ3) is 4.32. The molecule has 0 aromatic heterocycles. The average Bonchev–Trinajstić information content (AvgIpc) is 2.47. The Morgan fingerprint density at radius 1 is 1.05 bits per heavy atom. The molecule has 0 saturated carbocycles. The predicted octanol–water partition coefficient (Wildman–Crippen LogP) is 4.13. The van der Waals surface area contributed by atoms with E-state index in [1.54, 1.807) is 12.1 Å². The van der Waals surface area contributed by atoms with E-state index in [2.05, 4.69) is 15.9 Å². The molecule has 1 N–H and O–H groups in total. The van der Waals surface area contributed by atoms with Crippen molar-refractivity contribution < 1.29 is 14.2 Å². The van der Waals surface area contributed by atoms with Crippen LogP contribution in [-0.4, -0.2) is 18.3 Å². The Morgan fingerprint density at radius 3 is 2.30 bits per heavy atom. The number of hydrogen-bond donors (Lipinski definition) is 1. The maximum atomic E-state index is 12.9. The van der Waals surface area contributed by atoms with E-state index in [9.17, 15) is 9.50 Å². The molecular formula is C16H16BrFO2. The minimum atomic E-state index is -0.267. The highest BCUT2D eigenvalue weighted by Gasteiger charge is 2.10. The van der Waals surface area contributed by atoms with E-state index in [4.69, 9.17) is 4.74 Å². The lowest BCUT2D eigenvalue weighted by molar-refractivity contribution is 0.229. The van der Waals surface area contributed by atoms with Crippen LogP contribution in [0.2, 0.25) is 0 Å². The standard InChI is InChI=1S/C16H16BrFO2/c17-14-3-7-16(8-4-14)20-10-9-13(11-19)12-1-5-15(18)6-2-12/h1-8,13,19H,9-11H2. The molecule has 106 valence electrons. The topological polar surface area (TPSA) is 29.5 Å². The first-order chi connectivity index (χ1) is 9.69. The van der Waals surface area contributed by atoms with Gasteiger partial charge in [0.2, 0.25) is 0 Å². The molecule has 2 aromatic rings. The van der Waals surface area contributed by atoms with Crippen molar-refractivity contribution in [1.82, 2.24) is 0 Å². The molecule has 0 heterocycles. The van der Waals surface area contributed by atoms with Crippen LogP contribution in [-0.2, 0) is 0 Å². The van der Waals surface area contributed by atoms with Gasteiger partial charge in [-0.15, -0.1) is 0 Å². The van der Waals surface area contributed by atoms with Gasteiger partial charge < -0.3 is 9.84 Å². The van der Waals surface area contributed by atoms with Gasteiger partial charge in [-0.05, 0) is 48.4 Å². The second-order valence-electron chi connectivity index (χ2n) is 4.52. The fourth-order valence-corrected chi connectivity index (χ4v) is 2.21. The van der Waals surface area contributed by atoms with Gasteiger partial charge in [-0.3, -0.25) is 0 Å². The number of benzene rings is 2. The predicted molar refractivity (Wildman–Crippen MR) is 80.5 cm³/mol. The molecular weight excluding hydrogens is 323 g/mol. The van der Waals surface area contributed by atoms with E-state index in [1.807, 2.05) is 24.3 Å². The van der Waals surface area contributed by atoms with Crippen molar-refractivity contribution in [3.8, 4) is 5.75 Å². The van der Waals surface area contributed by atoms with Crippen LogP contribution >= 0.6 is 15.9 Å². The summed E-state index contributed by atoms with van der Waals surface area (Å²) in [5, 5.41) is 9.43. The van der Waals surface area contributed by atoms with Gasteiger partial charge >= 0.3 is 0 Å². The Balaban J connectivity index is 1.87. The molecule has 20 heavy (non-hydrogen) atoms.